The van der Waals surface area contributed by atoms with Crippen LogP contribution in [0.25, 0.3) is 0 Å². The van der Waals surface area contributed by atoms with E-state index in [1.54, 1.807) is 35.2 Å². The number of nitrogens with one attached hydrogen (secondary N) is 1. The number of halogens is 2. The lowest BCUT2D eigenvalue weighted by Crippen LogP contribution is -2.52. The zero-order valence-corrected chi connectivity index (χ0v) is 27.7. The van der Waals surface area contributed by atoms with Crippen molar-refractivity contribution in [1.82, 2.24) is 10.2 Å². The first-order chi connectivity index (χ1) is 21.0. The number of benzene rings is 3. The standard InChI is InChI=1S/C34H41Cl2N3O4S/c1-3-25-15-18-29(19-16-25)39(44(2,42)43)21-9-14-33(40)38(24-27-17-20-30(35)31(36)22-27)32(23-26-10-5-4-6-11-26)34(41)37-28-12-7-8-13-28/h4-6,10-11,15-20,22,28,32H,3,7-9,12-14,21,23-24H2,1-2H3,(H,37,41)/t32-/m0/s1. The average Bonchev–Trinajstić information content (AvgIpc) is 3.52. The van der Waals surface area contributed by atoms with E-state index in [4.69, 9.17) is 23.2 Å². The third-order valence-corrected chi connectivity index (χ3v) is 10.0. The molecule has 1 aliphatic carbocycles. The number of carbonyl (C=O) groups excluding carboxylic acids is 2. The molecule has 2 amide bonds. The number of rotatable bonds is 14. The van der Waals surface area contributed by atoms with Gasteiger partial charge in [0.1, 0.15) is 6.04 Å². The van der Waals surface area contributed by atoms with Gasteiger partial charge in [-0.2, -0.15) is 0 Å². The van der Waals surface area contributed by atoms with Crippen molar-refractivity contribution >= 4 is 50.7 Å². The lowest BCUT2D eigenvalue weighted by atomic mass is 10.0. The SMILES string of the molecule is CCc1ccc(N(CCCC(=O)N(Cc2ccc(Cl)c(Cl)c2)[C@@H](Cc2ccccc2)C(=O)NC2CCCC2)S(C)(=O)=O)cc1. The molecule has 3 aromatic rings. The van der Waals surface area contributed by atoms with Crippen LogP contribution in [0, 0.1) is 0 Å². The maximum absolute atomic E-state index is 14.0. The second kappa shape index (κ2) is 15.8. The van der Waals surface area contributed by atoms with E-state index >= 15 is 0 Å². The highest BCUT2D eigenvalue weighted by Crippen LogP contribution is 2.26. The Hall–Kier alpha value is -3.07. The molecular weight excluding hydrogens is 617 g/mol. The zero-order valence-electron chi connectivity index (χ0n) is 25.3. The van der Waals surface area contributed by atoms with Gasteiger partial charge in [-0.1, -0.05) is 91.5 Å². The fraction of sp³-hybridized carbons (Fsp3) is 0.412. The van der Waals surface area contributed by atoms with Gasteiger partial charge in [0.15, 0.2) is 0 Å². The third-order valence-electron chi connectivity index (χ3n) is 8.09. The Morgan fingerprint density at radius 3 is 2.18 bits per heavy atom. The normalized spacial score (nSPS) is 14.3. The highest BCUT2D eigenvalue weighted by molar-refractivity contribution is 7.92. The van der Waals surface area contributed by atoms with Gasteiger partial charge >= 0.3 is 0 Å². The van der Waals surface area contributed by atoms with Gasteiger partial charge in [-0.15, -0.1) is 0 Å². The predicted octanol–water partition coefficient (Wildman–Crippen LogP) is 6.80. The van der Waals surface area contributed by atoms with Gasteiger partial charge in [-0.3, -0.25) is 13.9 Å². The molecule has 1 N–H and O–H groups in total. The Kier molecular flexibility index (Phi) is 12.1. The third kappa shape index (κ3) is 9.46. The van der Waals surface area contributed by atoms with Gasteiger partial charge in [0, 0.05) is 32.0 Å². The molecule has 10 heteroatoms. The number of hydrogen-bond acceptors (Lipinski definition) is 4. The summed E-state index contributed by atoms with van der Waals surface area (Å²) in [6.07, 6.45) is 6.67. The Bertz CT molecular complexity index is 1510. The van der Waals surface area contributed by atoms with E-state index in [0.29, 0.717) is 22.2 Å². The molecule has 0 bridgehead atoms. The summed E-state index contributed by atoms with van der Waals surface area (Å²) >= 11 is 12.5. The van der Waals surface area contributed by atoms with Gasteiger partial charge in [-0.25, -0.2) is 8.42 Å². The van der Waals surface area contributed by atoms with Crippen LogP contribution in [0.15, 0.2) is 72.8 Å². The molecule has 0 heterocycles. The Labute approximate surface area is 271 Å². The van der Waals surface area contributed by atoms with Crippen molar-refractivity contribution in [3.8, 4) is 0 Å². The molecule has 0 aromatic heterocycles. The fourth-order valence-electron chi connectivity index (χ4n) is 5.66. The van der Waals surface area contributed by atoms with E-state index in [1.165, 1.54) is 10.6 Å². The first-order valence-corrected chi connectivity index (χ1v) is 17.8. The summed E-state index contributed by atoms with van der Waals surface area (Å²) in [4.78, 5) is 29.5. The molecule has 3 aromatic carbocycles. The van der Waals surface area contributed by atoms with Gasteiger partial charge in [0.05, 0.1) is 22.0 Å². The quantitative estimate of drug-likeness (QED) is 0.207. The van der Waals surface area contributed by atoms with Crippen LogP contribution < -0.4 is 9.62 Å². The van der Waals surface area contributed by atoms with Crippen molar-refractivity contribution in [3.63, 3.8) is 0 Å². The Morgan fingerprint density at radius 1 is 0.909 bits per heavy atom. The van der Waals surface area contributed by atoms with Gasteiger partial charge in [-0.05, 0) is 66.6 Å². The van der Waals surface area contributed by atoms with Crippen LogP contribution >= 0.6 is 23.2 Å². The molecule has 1 aliphatic rings. The Balaban J connectivity index is 1.59. The first-order valence-electron chi connectivity index (χ1n) is 15.2. The fourth-order valence-corrected chi connectivity index (χ4v) is 6.94. The minimum atomic E-state index is -3.58. The number of hydrogen-bond donors (Lipinski definition) is 1. The highest BCUT2D eigenvalue weighted by atomic mass is 35.5. The van der Waals surface area contributed by atoms with Crippen molar-refractivity contribution < 1.29 is 18.0 Å². The Morgan fingerprint density at radius 2 is 1.57 bits per heavy atom. The van der Waals surface area contributed by atoms with E-state index in [-0.39, 0.29) is 43.8 Å². The minimum Gasteiger partial charge on any atom is -0.352 e. The maximum atomic E-state index is 14.0. The van der Waals surface area contributed by atoms with E-state index in [0.717, 1.165) is 48.8 Å². The number of nitrogens with zero attached hydrogens (tertiary/aromatic N) is 2. The second-order valence-corrected chi connectivity index (χ2v) is 14.1. The molecule has 1 fully saturated rings. The van der Waals surface area contributed by atoms with Crippen LogP contribution in [0.4, 0.5) is 5.69 Å². The van der Waals surface area contributed by atoms with Crippen molar-refractivity contribution in [2.75, 3.05) is 17.1 Å². The van der Waals surface area contributed by atoms with Crippen LogP contribution in [0.5, 0.6) is 0 Å². The van der Waals surface area contributed by atoms with Crippen molar-refractivity contribution in [2.45, 2.75) is 76.9 Å². The van der Waals surface area contributed by atoms with Gasteiger partial charge in [0.25, 0.3) is 0 Å². The second-order valence-electron chi connectivity index (χ2n) is 11.4. The van der Waals surface area contributed by atoms with Crippen LogP contribution in [0.3, 0.4) is 0 Å². The highest BCUT2D eigenvalue weighted by Gasteiger charge is 2.32. The minimum absolute atomic E-state index is 0.0579. The molecule has 0 spiro atoms. The monoisotopic (exact) mass is 657 g/mol. The molecule has 44 heavy (non-hydrogen) atoms. The smallest absolute Gasteiger partial charge is 0.243 e. The molecule has 236 valence electrons. The van der Waals surface area contributed by atoms with Crippen molar-refractivity contribution in [1.29, 1.82) is 0 Å². The predicted molar refractivity (Wildman–Crippen MR) is 179 cm³/mol. The van der Waals surface area contributed by atoms with Crippen LogP contribution in [0.1, 0.15) is 62.1 Å². The number of carbonyl (C=O) groups is 2. The molecule has 7 nitrogen and oxygen atoms in total. The summed E-state index contributed by atoms with van der Waals surface area (Å²) in [7, 11) is -3.58. The van der Waals surface area contributed by atoms with Crippen LogP contribution in [-0.4, -0.2) is 50.0 Å². The average molecular weight is 659 g/mol. The molecule has 1 atom stereocenters. The maximum Gasteiger partial charge on any atom is 0.243 e. The largest absolute Gasteiger partial charge is 0.352 e. The molecule has 0 aliphatic heterocycles. The van der Waals surface area contributed by atoms with Crippen molar-refractivity contribution in [2.24, 2.45) is 0 Å². The molecular formula is C34H41Cl2N3O4S. The zero-order chi connectivity index (χ0) is 31.7. The summed E-state index contributed by atoms with van der Waals surface area (Å²) in [6, 6.07) is 21.6. The summed E-state index contributed by atoms with van der Waals surface area (Å²) in [5.41, 5.74) is 3.34. The summed E-state index contributed by atoms with van der Waals surface area (Å²) < 4.78 is 26.8. The van der Waals surface area contributed by atoms with E-state index < -0.39 is 16.1 Å². The summed E-state index contributed by atoms with van der Waals surface area (Å²) in [5, 5.41) is 3.97. The number of sulfonamides is 1. The lowest BCUT2D eigenvalue weighted by molar-refractivity contribution is -0.141. The topological polar surface area (TPSA) is 86.8 Å². The van der Waals surface area contributed by atoms with Crippen LogP contribution in [-0.2, 0) is 39.0 Å². The lowest BCUT2D eigenvalue weighted by Gasteiger charge is -2.33. The molecule has 1 saturated carbocycles. The van der Waals surface area contributed by atoms with E-state index in [1.807, 2.05) is 49.4 Å². The summed E-state index contributed by atoms with van der Waals surface area (Å²) in [6.45, 7) is 2.33. The van der Waals surface area contributed by atoms with Crippen molar-refractivity contribution in [3.05, 3.63) is 99.5 Å². The number of aryl methyl sites for hydroxylation is 1. The molecule has 0 unspecified atom stereocenters. The van der Waals surface area contributed by atoms with Gasteiger partial charge < -0.3 is 10.2 Å². The number of amides is 2. The van der Waals surface area contributed by atoms with Gasteiger partial charge in [0.2, 0.25) is 21.8 Å². The number of anilines is 1. The first kappa shape index (κ1) is 33.8. The molecule has 0 saturated heterocycles. The molecule has 4 rings (SSSR count). The van der Waals surface area contributed by atoms with Crippen LogP contribution in [0.2, 0.25) is 10.0 Å². The van der Waals surface area contributed by atoms with E-state index in [9.17, 15) is 18.0 Å². The summed E-state index contributed by atoms with van der Waals surface area (Å²) in [5.74, 6) is -0.434. The van der Waals surface area contributed by atoms with E-state index in [2.05, 4.69) is 5.32 Å². The molecule has 0 radical (unpaired) electrons.